The maximum Gasteiger partial charge on any atom is 0.270 e. The number of amides is 1. The molecule has 0 fully saturated rings. The third kappa shape index (κ3) is 2.89. The molecule has 21 heavy (non-hydrogen) atoms. The molecule has 104 valence electrons. The number of rotatable bonds is 3. The van der Waals surface area contributed by atoms with E-state index >= 15 is 0 Å². The molecule has 1 atom stereocenters. The summed E-state index contributed by atoms with van der Waals surface area (Å²) in [5.41, 5.74) is 2.05. The third-order valence-electron chi connectivity index (χ3n) is 3.31. The largest absolute Gasteiger partial charge is 0.343 e. The van der Waals surface area contributed by atoms with E-state index in [0.29, 0.717) is 5.69 Å². The molecule has 0 radical (unpaired) electrons. The molecule has 0 aliphatic heterocycles. The first-order valence-electron chi connectivity index (χ1n) is 6.81. The third-order valence-corrected chi connectivity index (χ3v) is 3.31. The summed E-state index contributed by atoms with van der Waals surface area (Å²) < 4.78 is 0. The molecule has 1 N–H and O–H groups in total. The molecule has 3 aromatic rings. The summed E-state index contributed by atoms with van der Waals surface area (Å²) in [4.78, 5) is 20.9. The van der Waals surface area contributed by atoms with Crippen LogP contribution in [-0.2, 0) is 0 Å². The predicted octanol–water partition coefficient (Wildman–Crippen LogP) is 3.12. The molecule has 1 amide bonds. The van der Waals surface area contributed by atoms with Gasteiger partial charge in [0.15, 0.2) is 0 Å². The summed E-state index contributed by atoms with van der Waals surface area (Å²) in [7, 11) is 0. The van der Waals surface area contributed by atoms with Gasteiger partial charge in [-0.25, -0.2) is 4.98 Å². The summed E-state index contributed by atoms with van der Waals surface area (Å²) in [6.45, 7) is 1.90. The van der Waals surface area contributed by atoms with Crippen LogP contribution < -0.4 is 5.32 Å². The van der Waals surface area contributed by atoms with Crippen LogP contribution in [0.25, 0.3) is 10.9 Å². The number of nitrogens with zero attached hydrogens (tertiary/aromatic N) is 2. The molecule has 0 spiro atoms. The molecule has 2 heterocycles. The van der Waals surface area contributed by atoms with E-state index < -0.39 is 0 Å². The van der Waals surface area contributed by atoms with Crippen molar-refractivity contribution < 1.29 is 4.79 Å². The minimum Gasteiger partial charge on any atom is -0.343 e. The van der Waals surface area contributed by atoms with Gasteiger partial charge in [-0.3, -0.25) is 9.78 Å². The van der Waals surface area contributed by atoms with Crippen molar-refractivity contribution in [2.45, 2.75) is 13.0 Å². The number of para-hydroxylation sites is 1. The number of fused-ring (bicyclic) bond motifs is 1. The summed E-state index contributed by atoms with van der Waals surface area (Å²) >= 11 is 0. The highest BCUT2D eigenvalue weighted by Gasteiger charge is 2.13. The molecule has 1 unspecified atom stereocenters. The number of pyridine rings is 2. The van der Waals surface area contributed by atoms with E-state index in [2.05, 4.69) is 15.3 Å². The maximum atomic E-state index is 12.3. The highest BCUT2D eigenvalue weighted by Crippen LogP contribution is 2.13. The van der Waals surface area contributed by atoms with E-state index in [-0.39, 0.29) is 11.9 Å². The molecular weight excluding hydrogens is 262 g/mol. The van der Waals surface area contributed by atoms with Gasteiger partial charge in [0.1, 0.15) is 5.69 Å². The van der Waals surface area contributed by atoms with Crippen LogP contribution in [0, 0.1) is 0 Å². The number of nitrogens with one attached hydrogen (secondary N) is 1. The fourth-order valence-electron chi connectivity index (χ4n) is 2.17. The number of hydrogen-bond donors (Lipinski definition) is 1. The Hall–Kier alpha value is -2.75. The second kappa shape index (κ2) is 5.71. The van der Waals surface area contributed by atoms with E-state index in [4.69, 9.17) is 0 Å². The van der Waals surface area contributed by atoms with Gasteiger partial charge in [0.2, 0.25) is 0 Å². The quantitative estimate of drug-likeness (QED) is 0.800. The molecule has 3 rings (SSSR count). The van der Waals surface area contributed by atoms with Crippen molar-refractivity contribution >= 4 is 16.8 Å². The molecule has 0 bridgehead atoms. The Morgan fingerprint density at radius 1 is 1.05 bits per heavy atom. The standard InChI is InChI=1S/C17H15N3O/c1-12(14-7-4-5-11-18-14)19-17(21)16-10-9-13-6-2-3-8-15(13)20-16/h2-12H,1H3,(H,19,21). The number of benzene rings is 1. The smallest absolute Gasteiger partial charge is 0.270 e. The van der Waals surface area contributed by atoms with Gasteiger partial charge in [-0.05, 0) is 31.2 Å². The Morgan fingerprint density at radius 2 is 1.86 bits per heavy atom. The van der Waals surface area contributed by atoms with E-state index in [1.807, 2.05) is 55.5 Å². The summed E-state index contributed by atoms with van der Waals surface area (Å²) in [6, 6.07) is 16.9. The molecule has 1 aromatic carbocycles. The van der Waals surface area contributed by atoms with Crippen molar-refractivity contribution in [1.82, 2.24) is 15.3 Å². The van der Waals surface area contributed by atoms with E-state index in [0.717, 1.165) is 16.6 Å². The normalized spacial score (nSPS) is 12.0. The van der Waals surface area contributed by atoms with Gasteiger partial charge in [-0.15, -0.1) is 0 Å². The molecule has 4 heteroatoms. The summed E-state index contributed by atoms with van der Waals surface area (Å²) in [5, 5.41) is 3.93. The van der Waals surface area contributed by atoms with Gasteiger partial charge >= 0.3 is 0 Å². The number of carbonyl (C=O) groups is 1. The van der Waals surface area contributed by atoms with Gasteiger partial charge in [-0.2, -0.15) is 0 Å². The molecule has 4 nitrogen and oxygen atoms in total. The number of aromatic nitrogens is 2. The molecule has 0 aliphatic carbocycles. The minimum atomic E-state index is -0.195. The second-order valence-corrected chi connectivity index (χ2v) is 4.84. The first kappa shape index (κ1) is 13.2. The summed E-state index contributed by atoms with van der Waals surface area (Å²) in [5.74, 6) is -0.195. The lowest BCUT2D eigenvalue weighted by Gasteiger charge is -2.13. The first-order valence-corrected chi connectivity index (χ1v) is 6.81. The lowest BCUT2D eigenvalue weighted by atomic mass is 10.2. The molecule has 0 saturated carbocycles. The van der Waals surface area contributed by atoms with Crippen LogP contribution in [0.4, 0.5) is 0 Å². The van der Waals surface area contributed by atoms with Crippen molar-refractivity contribution in [3.05, 3.63) is 72.2 Å². The van der Waals surface area contributed by atoms with Gasteiger partial charge in [0.25, 0.3) is 5.91 Å². The Kier molecular flexibility index (Phi) is 3.60. The van der Waals surface area contributed by atoms with Gasteiger partial charge < -0.3 is 5.32 Å². The van der Waals surface area contributed by atoms with Gasteiger partial charge in [-0.1, -0.05) is 30.3 Å². The van der Waals surface area contributed by atoms with Gasteiger partial charge in [0.05, 0.1) is 17.3 Å². The van der Waals surface area contributed by atoms with E-state index in [9.17, 15) is 4.79 Å². The molecular formula is C17H15N3O. The SMILES string of the molecule is CC(NC(=O)c1ccc2ccccc2n1)c1ccccn1. The molecule has 0 aliphatic rings. The van der Waals surface area contributed by atoms with E-state index in [1.165, 1.54) is 0 Å². The van der Waals surface area contributed by atoms with Crippen molar-refractivity contribution in [3.8, 4) is 0 Å². The Morgan fingerprint density at radius 3 is 2.67 bits per heavy atom. The lowest BCUT2D eigenvalue weighted by Crippen LogP contribution is -2.27. The fraction of sp³-hybridized carbons (Fsp3) is 0.118. The molecule has 0 saturated heterocycles. The van der Waals surface area contributed by atoms with Crippen LogP contribution >= 0.6 is 0 Å². The zero-order valence-electron chi connectivity index (χ0n) is 11.7. The first-order chi connectivity index (χ1) is 10.2. The number of carbonyl (C=O) groups excluding carboxylic acids is 1. The average Bonchev–Trinajstić information content (AvgIpc) is 2.55. The monoisotopic (exact) mass is 277 g/mol. The second-order valence-electron chi connectivity index (χ2n) is 4.84. The van der Waals surface area contributed by atoms with Crippen molar-refractivity contribution in [2.75, 3.05) is 0 Å². The summed E-state index contributed by atoms with van der Waals surface area (Å²) in [6.07, 6.45) is 1.71. The van der Waals surface area contributed by atoms with Gasteiger partial charge in [0, 0.05) is 11.6 Å². The van der Waals surface area contributed by atoms with Crippen LogP contribution in [0.1, 0.15) is 29.1 Å². The van der Waals surface area contributed by atoms with Crippen LogP contribution in [0.2, 0.25) is 0 Å². The average molecular weight is 277 g/mol. The predicted molar refractivity (Wildman–Crippen MR) is 81.9 cm³/mol. The van der Waals surface area contributed by atoms with Crippen molar-refractivity contribution in [1.29, 1.82) is 0 Å². The van der Waals surface area contributed by atoms with Crippen molar-refractivity contribution in [3.63, 3.8) is 0 Å². The minimum absolute atomic E-state index is 0.160. The molecule has 2 aromatic heterocycles. The van der Waals surface area contributed by atoms with Crippen LogP contribution in [-0.4, -0.2) is 15.9 Å². The lowest BCUT2D eigenvalue weighted by molar-refractivity contribution is 0.0934. The Labute approximate surface area is 122 Å². The highest BCUT2D eigenvalue weighted by molar-refractivity contribution is 5.95. The highest BCUT2D eigenvalue weighted by atomic mass is 16.1. The zero-order valence-corrected chi connectivity index (χ0v) is 11.7. The fourth-order valence-corrected chi connectivity index (χ4v) is 2.17. The van der Waals surface area contributed by atoms with Crippen LogP contribution in [0.5, 0.6) is 0 Å². The van der Waals surface area contributed by atoms with Crippen LogP contribution in [0.15, 0.2) is 60.8 Å². The topological polar surface area (TPSA) is 54.9 Å². The maximum absolute atomic E-state index is 12.3. The zero-order chi connectivity index (χ0) is 14.7. The van der Waals surface area contributed by atoms with E-state index in [1.54, 1.807) is 12.3 Å². The number of hydrogen-bond acceptors (Lipinski definition) is 3. The Balaban J connectivity index is 1.80. The van der Waals surface area contributed by atoms with Crippen LogP contribution in [0.3, 0.4) is 0 Å². The Bertz CT molecular complexity index is 771. The van der Waals surface area contributed by atoms with Crippen molar-refractivity contribution in [2.24, 2.45) is 0 Å².